The third-order valence-corrected chi connectivity index (χ3v) is 7.40. The molecule has 0 aromatic heterocycles. The minimum absolute atomic E-state index is 0.0708. The predicted molar refractivity (Wildman–Crippen MR) is 117 cm³/mol. The molecule has 0 amide bonds. The quantitative estimate of drug-likeness (QED) is 0.359. The van der Waals surface area contributed by atoms with E-state index in [9.17, 15) is 4.79 Å². The van der Waals surface area contributed by atoms with E-state index >= 15 is 0 Å². The van der Waals surface area contributed by atoms with E-state index in [1.54, 1.807) is 0 Å². The van der Waals surface area contributed by atoms with Gasteiger partial charge in [-0.3, -0.25) is 4.79 Å². The van der Waals surface area contributed by atoms with Crippen LogP contribution < -0.4 is 10.6 Å². The summed E-state index contributed by atoms with van der Waals surface area (Å²) in [7, 11) is 2.05. The maximum absolute atomic E-state index is 12.9. The number of piperidine rings is 1. The van der Waals surface area contributed by atoms with Crippen LogP contribution in [0, 0.1) is 17.3 Å². The number of ether oxygens (including phenoxy) is 1. The molecule has 2 rings (SSSR count). The molecule has 4 heteroatoms. The van der Waals surface area contributed by atoms with E-state index in [0.29, 0.717) is 0 Å². The van der Waals surface area contributed by atoms with E-state index < -0.39 is 0 Å². The summed E-state index contributed by atoms with van der Waals surface area (Å²) in [5.74, 6) is 0.949. The Balaban J connectivity index is 1.82. The predicted octanol–water partition coefficient (Wildman–Crippen LogP) is 5.06. The third-order valence-electron chi connectivity index (χ3n) is 7.40. The number of carbonyl (C=O) groups excluding carboxylic acids is 1. The van der Waals surface area contributed by atoms with Gasteiger partial charge in [0.1, 0.15) is 6.10 Å². The Morgan fingerprint density at radius 1 is 1.11 bits per heavy atom. The minimum atomic E-state index is 0.0708. The number of rotatable bonds is 12. The van der Waals surface area contributed by atoms with Crippen molar-refractivity contribution in [1.29, 1.82) is 0 Å². The molecule has 164 valence electrons. The van der Waals surface area contributed by atoms with Gasteiger partial charge < -0.3 is 15.4 Å². The lowest BCUT2D eigenvalue weighted by atomic mass is 9.64. The molecule has 28 heavy (non-hydrogen) atoms. The number of nitrogens with one attached hydrogen (secondary N) is 2. The first-order chi connectivity index (χ1) is 13.6. The molecule has 1 saturated carbocycles. The minimum Gasteiger partial charge on any atom is -0.460 e. The smallest absolute Gasteiger partial charge is 0.309 e. The largest absolute Gasteiger partial charge is 0.460 e. The van der Waals surface area contributed by atoms with Crippen molar-refractivity contribution in [2.24, 2.45) is 17.3 Å². The Hall–Kier alpha value is -0.610. The molecule has 1 saturated heterocycles. The van der Waals surface area contributed by atoms with Crippen LogP contribution in [0.25, 0.3) is 0 Å². The standard InChI is InChI=1S/C24H46N2O2/c1-4-6-7-8-9-10-11-21(5-2)23(27)28-22-19-26-17-16-24(22)14-12-20(13-15-24)18-25-3/h20-22,25-26H,4-19H2,1-3H3. The van der Waals surface area contributed by atoms with Crippen molar-refractivity contribution in [1.82, 2.24) is 10.6 Å². The summed E-state index contributed by atoms with van der Waals surface area (Å²) in [5, 5.41) is 6.82. The molecule has 1 aliphatic heterocycles. The average molecular weight is 395 g/mol. The topological polar surface area (TPSA) is 50.4 Å². The molecule has 0 aromatic rings. The number of carbonyl (C=O) groups is 1. The molecule has 1 aliphatic carbocycles. The molecule has 0 aromatic carbocycles. The Kier molecular flexibility index (Phi) is 10.9. The van der Waals surface area contributed by atoms with E-state index in [2.05, 4.69) is 24.5 Å². The Morgan fingerprint density at radius 2 is 1.82 bits per heavy atom. The number of esters is 1. The monoisotopic (exact) mass is 394 g/mol. The van der Waals surface area contributed by atoms with Crippen LogP contribution in [0.2, 0.25) is 0 Å². The van der Waals surface area contributed by atoms with Crippen molar-refractivity contribution in [3.63, 3.8) is 0 Å². The Morgan fingerprint density at radius 3 is 2.50 bits per heavy atom. The molecule has 1 heterocycles. The second-order valence-corrected chi connectivity index (χ2v) is 9.40. The van der Waals surface area contributed by atoms with Gasteiger partial charge in [0, 0.05) is 12.0 Å². The zero-order chi connectivity index (χ0) is 20.2. The number of hydrogen-bond donors (Lipinski definition) is 2. The van der Waals surface area contributed by atoms with Crippen molar-refractivity contribution in [3.05, 3.63) is 0 Å². The normalized spacial score (nSPS) is 29.0. The highest BCUT2D eigenvalue weighted by Crippen LogP contribution is 2.46. The van der Waals surface area contributed by atoms with Crippen LogP contribution in [0.1, 0.15) is 97.3 Å². The van der Waals surface area contributed by atoms with E-state index in [1.807, 2.05) is 7.05 Å². The maximum atomic E-state index is 12.9. The zero-order valence-electron chi connectivity index (χ0n) is 18.9. The Labute approximate surface area is 173 Å². The summed E-state index contributed by atoms with van der Waals surface area (Å²) in [4.78, 5) is 12.9. The van der Waals surface area contributed by atoms with Crippen LogP contribution in [-0.2, 0) is 9.53 Å². The van der Waals surface area contributed by atoms with Gasteiger partial charge in [0.15, 0.2) is 0 Å². The maximum Gasteiger partial charge on any atom is 0.309 e. The van der Waals surface area contributed by atoms with Crippen molar-refractivity contribution in [2.75, 3.05) is 26.7 Å². The van der Waals surface area contributed by atoms with Crippen molar-refractivity contribution < 1.29 is 9.53 Å². The van der Waals surface area contributed by atoms with Gasteiger partial charge in [-0.25, -0.2) is 0 Å². The molecule has 0 bridgehead atoms. The summed E-state index contributed by atoms with van der Waals surface area (Å²) in [6, 6.07) is 0. The third kappa shape index (κ3) is 7.02. The fourth-order valence-electron chi connectivity index (χ4n) is 5.33. The average Bonchev–Trinajstić information content (AvgIpc) is 2.71. The van der Waals surface area contributed by atoms with Crippen LogP contribution >= 0.6 is 0 Å². The first-order valence-electron chi connectivity index (χ1n) is 12.2. The SMILES string of the molecule is CCCCCCCCC(CC)C(=O)OC1CNCCC12CCC(CNC)CC2. The van der Waals surface area contributed by atoms with E-state index in [-0.39, 0.29) is 23.4 Å². The van der Waals surface area contributed by atoms with Crippen molar-refractivity contribution >= 4 is 5.97 Å². The lowest BCUT2D eigenvalue weighted by molar-refractivity contribution is -0.166. The van der Waals surface area contributed by atoms with Crippen LogP contribution in [0.5, 0.6) is 0 Å². The summed E-state index contributed by atoms with van der Waals surface area (Å²) < 4.78 is 6.21. The van der Waals surface area contributed by atoms with Gasteiger partial charge in [-0.15, -0.1) is 0 Å². The highest BCUT2D eigenvalue weighted by atomic mass is 16.5. The van der Waals surface area contributed by atoms with Crippen molar-refractivity contribution in [3.8, 4) is 0 Å². The second kappa shape index (κ2) is 12.8. The molecular formula is C24H46N2O2. The number of hydrogen-bond acceptors (Lipinski definition) is 4. The Bertz CT molecular complexity index is 432. The lowest BCUT2D eigenvalue weighted by Crippen LogP contribution is -2.53. The molecule has 1 spiro atoms. The first-order valence-corrected chi connectivity index (χ1v) is 12.2. The summed E-state index contributed by atoms with van der Waals surface area (Å²) in [6.07, 6.45) is 15.8. The van der Waals surface area contributed by atoms with Gasteiger partial charge >= 0.3 is 5.97 Å². The molecule has 2 N–H and O–H groups in total. The van der Waals surface area contributed by atoms with Gasteiger partial charge in [0.2, 0.25) is 0 Å². The second-order valence-electron chi connectivity index (χ2n) is 9.40. The summed E-state index contributed by atoms with van der Waals surface area (Å²) >= 11 is 0. The van der Waals surface area contributed by atoms with E-state index in [4.69, 9.17) is 4.74 Å². The van der Waals surface area contributed by atoms with Crippen molar-refractivity contribution in [2.45, 2.75) is 103 Å². The highest BCUT2D eigenvalue weighted by Gasteiger charge is 2.45. The van der Waals surface area contributed by atoms with Gasteiger partial charge in [-0.05, 0) is 71.0 Å². The molecule has 0 radical (unpaired) electrons. The number of unbranched alkanes of at least 4 members (excludes halogenated alkanes) is 5. The lowest BCUT2D eigenvalue weighted by Gasteiger charge is -2.48. The summed E-state index contributed by atoms with van der Waals surface area (Å²) in [5.41, 5.74) is 0.226. The molecule has 2 unspecified atom stereocenters. The molecule has 2 atom stereocenters. The fraction of sp³-hybridized carbons (Fsp3) is 0.958. The highest BCUT2D eigenvalue weighted by molar-refractivity contribution is 5.72. The zero-order valence-corrected chi connectivity index (χ0v) is 18.9. The molecule has 2 fully saturated rings. The van der Waals surface area contributed by atoms with Crippen LogP contribution in [-0.4, -0.2) is 38.8 Å². The molecule has 4 nitrogen and oxygen atoms in total. The fourth-order valence-corrected chi connectivity index (χ4v) is 5.33. The first kappa shape index (κ1) is 23.7. The van der Waals surface area contributed by atoms with Gasteiger partial charge in [0.25, 0.3) is 0 Å². The molecule has 2 aliphatic rings. The van der Waals surface area contributed by atoms with Gasteiger partial charge in [-0.2, -0.15) is 0 Å². The van der Waals surface area contributed by atoms with Crippen LogP contribution in [0.3, 0.4) is 0 Å². The van der Waals surface area contributed by atoms with E-state index in [0.717, 1.165) is 51.2 Å². The van der Waals surface area contributed by atoms with Gasteiger partial charge in [-0.1, -0.05) is 52.4 Å². The molecular weight excluding hydrogens is 348 g/mol. The van der Waals surface area contributed by atoms with E-state index in [1.165, 1.54) is 57.8 Å². The van der Waals surface area contributed by atoms with Gasteiger partial charge in [0.05, 0.1) is 5.92 Å². The summed E-state index contributed by atoms with van der Waals surface area (Å²) in [6.45, 7) is 7.43. The van der Waals surface area contributed by atoms with Crippen LogP contribution in [0.4, 0.5) is 0 Å². The van der Waals surface area contributed by atoms with Crippen LogP contribution in [0.15, 0.2) is 0 Å².